The highest BCUT2D eigenvalue weighted by Crippen LogP contribution is 2.38. The fraction of sp³-hybridized carbons (Fsp3) is 0.227. The topological polar surface area (TPSA) is 130 Å². The molecule has 0 aliphatic heterocycles. The molecule has 0 fully saturated rings. The average Bonchev–Trinajstić information content (AvgIpc) is 2.80. The van der Waals surface area contributed by atoms with E-state index in [4.69, 9.17) is 10.6 Å². The maximum atomic E-state index is 14.9. The predicted molar refractivity (Wildman–Crippen MR) is 120 cm³/mol. The first-order valence-electron chi connectivity index (χ1n) is 9.92. The van der Waals surface area contributed by atoms with Crippen molar-refractivity contribution in [3.8, 4) is 11.9 Å². The number of ketones is 1. The van der Waals surface area contributed by atoms with E-state index in [0.717, 1.165) is 17.8 Å². The smallest absolute Gasteiger partial charge is 0.407 e. The quantitative estimate of drug-likeness (QED) is 0.180. The number of benzene rings is 1. The highest BCUT2D eigenvalue weighted by Gasteiger charge is 2.36. The van der Waals surface area contributed by atoms with Gasteiger partial charge in [-0.2, -0.15) is 18.4 Å². The number of Topliss-reactive ketones (excluding diaryl/α,β-unsaturated/α-hetero) is 1. The molecule has 2 aromatic rings. The minimum atomic E-state index is -4.90. The third-order valence-electron chi connectivity index (χ3n) is 4.41. The standard InChI is InChI=1S/C22H19F4N5O4S/c1-4-19(33)31(21(34)30(28)11-22(24,25)26)16-9-18(14(10-27)8-15(16)23)36-17-6-5-7-29-20(17)35-13(3)12(2)32/h4-9,13H,1,11,28H2,2-3H3. The summed E-state index contributed by atoms with van der Waals surface area (Å²) in [6.45, 7) is 4.05. The van der Waals surface area contributed by atoms with Crippen LogP contribution in [-0.4, -0.2) is 46.5 Å². The molecule has 0 radical (unpaired) electrons. The Morgan fingerprint density at radius 2 is 2.00 bits per heavy atom. The summed E-state index contributed by atoms with van der Waals surface area (Å²) in [5.74, 6) is 2.39. The number of nitrogens with two attached hydrogens (primary N) is 1. The van der Waals surface area contributed by atoms with E-state index in [9.17, 15) is 37.2 Å². The van der Waals surface area contributed by atoms with Gasteiger partial charge in [-0.25, -0.2) is 24.9 Å². The summed E-state index contributed by atoms with van der Waals surface area (Å²) in [5, 5.41) is 9.18. The number of anilines is 1. The van der Waals surface area contributed by atoms with Gasteiger partial charge in [-0.15, -0.1) is 0 Å². The molecule has 1 heterocycles. The van der Waals surface area contributed by atoms with Crippen LogP contribution in [0.1, 0.15) is 19.4 Å². The van der Waals surface area contributed by atoms with Gasteiger partial charge in [0.2, 0.25) is 5.88 Å². The Labute approximate surface area is 207 Å². The lowest BCUT2D eigenvalue weighted by molar-refractivity contribution is -0.140. The van der Waals surface area contributed by atoms with Crippen LogP contribution in [0.25, 0.3) is 0 Å². The number of pyridine rings is 1. The summed E-state index contributed by atoms with van der Waals surface area (Å²) in [7, 11) is 0. The Morgan fingerprint density at radius 3 is 2.56 bits per heavy atom. The molecule has 0 bridgehead atoms. The predicted octanol–water partition coefficient (Wildman–Crippen LogP) is 3.98. The number of imide groups is 1. The third kappa shape index (κ3) is 7.03. The second kappa shape index (κ2) is 11.6. The van der Waals surface area contributed by atoms with Gasteiger partial charge in [0.15, 0.2) is 11.9 Å². The minimum Gasteiger partial charge on any atom is -0.466 e. The second-order valence-corrected chi connectivity index (χ2v) is 8.18. The molecule has 2 rings (SSSR count). The number of aromatic nitrogens is 1. The van der Waals surface area contributed by atoms with Crippen LogP contribution in [0, 0.1) is 17.1 Å². The van der Waals surface area contributed by atoms with Crippen molar-refractivity contribution in [2.24, 2.45) is 5.84 Å². The van der Waals surface area contributed by atoms with Crippen molar-refractivity contribution in [1.29, 1.82) is 5.26 Å². The van der Waals surface area contributed by atoms with Crippen molar-refractivity contribution in [1.82, 2.24) is 9.99 Å². The van der Waals surface area contributed by atoms with Gasteiger partial charge in [0.05, 0.1) is 16.1 Å². The van der Waals surface area contributed by atoms with Crippen LogP contribution in [0.4, 0.5) is 28.0 Å². The normalized spacial score (nSPS) is 11.7. The molecule has 0 aliphatic rings. The molecule has 14 heteroatoms. The Balaban J connectivity index is 2.58. The molecule has 36 heavy (non-hydrogen) atoms. The number of carbonyl (C=O) groups is 3. The lowest BCUT2D eigenvalue weighted by Gasteiger charge is -2.26. The minimum absolute atomic E-state index is 0.00344. The summed E-state index contributed by atoms with van der Waals surface area (Å²) in [6.07, 6.45) is -3.79. The summed E-state index contributed by atoms with van der Waals surface area (Å²) in [4.78, 5) is 40.9. The van der Waals surface area contributed by atoms with Crippen molar-refractivity contribution in [2.45, 2.75) is 35.9 Å². The van der Waals surface area contributed by atoms with Crippen molar-refractivity contribution in [2.75, 3.05) is 11.4 Å². The molecule has 2 N–H and O–H groups in total. The Kier molecular flexibility index (Phi) is 9.15. The molecule has 3 amide bonds. The molecule has 1 unspecified atom stereocenters. The van der Waals surface area contributed by atoms with Crippen LogP contribution < -0.4 is 15.5 Å². The lowest BCUT2D eigenvalue weighted by Crippen LogP contribution is -2.52. The molecule has 0 aliphatic carbocycles. The van der Waals surface area contributed by atoms with E-state index in [-0.39, 0.29) is 36.9 Å². The number of ether oxygens (including phenoxy) is 1. The van der Waals surface area contributed by atoms with Crippen molar-refractivity contribution in [3.63, 3.8) is 0 Å². The van der Waals surface area contributed by atoms with E-state index >= 15 is 0 Å². The fourth-order valence-corrected chi connectivity index (χ4v) is 3.55. The first kappa shape index (κ1) is 28.3. The Bertz CT molecular complexity index is 1230. The number of rotatable bonds is 8. The van der Waals surface area contributed by atoms with Gasteiger partial charge in [-0.05, 0) is 44.2 Å². The number of amides is 3. The number of nitrogens with zero attached hydrogens (tertiary/aromatic N) is 4. The SMILES string of the molecule is C=CC(=O)N(C(=O)N(N)CC(F)(F)F)c1cc(Sc2cccnc2OC(C)C(C)=O)c(C#N)cc1F. The van der Waals surface area contributed by atoms with E-state index in [1.807, 2.05) is 0 Å². The summed E-state index contributed by atoms with van der Waals surface area (Å²) in [6, 6.07) is 4.74. The molecule has 190 valence electrons. The first-order valence-corrected chi connectivity index (χ1v) is 10.7. The largest absolute Gasteiger partial charge is 0.466 e. The van der Waals surface area contributed by atoms with Crippen molar-refractivity contribution < 1.29 is 36.7 Å². The lowest BCUT2D eigenvalue weighted by atomic mass is 10.2. The molecular formula is C22H19F4N5O4S. The number of hydrogen-bond donors (Lipinski definition) is 1. The first-order chi connectivity index (χ1) is 16.8. The zero-order chi connectivity index (χ0) is 27.2. The van der Waals surface area contributed by atoms with Crippen LogP contribution >= 0.6 is 11.8 Å². The highest BCUT2D eigenvalue weighted by atomic mass is 32.2. The monoisotopic (exact) mass is 525 g/mol. The molecule has 1 aromatic heterocycles. The van der Waals surface area contributed by atoms with Crippen LogP contribution in [-0.2, 0) is 9.59 Å². The fourth-order valence-electron chi connectivity index (χ4n) is 2.59. The molecule has 0 spiro atoms. The van der Waals surface area contributed by atoms with Crippen LogP contribution in [0.3, 0.4) is 0 Å². The van der Waals surface area contributed by atoms with Gasteiger partial charge in [0, 0.05) is 11.1 Å². The van der Waals surface area contributed by atoms with Gasteiger partial charge in [-0.1, -0.05) is 18.3 Å². The van der Waals surface area contributed by atoms with Gasteiger partial charge < -0.3 is 4.74 Å². The summed E-state index contributed by atoms with van der Waals surface area (Å²) < 4.78 is 58.6. The molecule has 0 saturated heterocycles. The number of nitriles is 1. The summed E-state index contributed by atoms with van der Waals surface area (Å²) in [5.41, 5.74) is -0.999. The third-order valence-corrected chi connectivity index (χ3v) is 5.50. The maximum Gasteiger partial charge on any atom is 0.407 e. The Morgan fingerprint density at radius 1 is 1.33 bits per heavy atom. The molecule has 0 saturated carbocycles. The average molecular weight is 525 g/mol. The number of hydrazine groups is 1. The second-order valence-electron chi connectivity index (χ2n) is 7.09. The van der Waals surface area contributed by atoms with Gasteiger partial charge >= 0.3 is 12.2 Å². The number of carbonyl (C=O) groups excluding carboxylic acids is 3. The van der Waals surface area contributed by atoms with E-state index in [1.165, 1.54) is 32.2 Å². The van der Waals surface area contributed by atoms with Crippen LogP contribution in [0.5, 0.6) is 5.88 Å². The number of urea groups is 1. The van der Waals surface area contributed by atoms with Gasteiger partial charge in [0.25, 0.3) is 5.91 Å². The van der Waals surface area contributed by atoms with Gasteiger partial charge in [0.1, 0.15) is 18.4 Å². The zero-order valence-electron chi connectivity index (χ0n) is 18.9. The molecule has 1 atom stereocenters. The number of halogens is 4. The Hall–Kier alpha value is -3.96. The van der Waals surface area contributed by atoms with Crippen molar-refractivity contribution in [3.05, 3.63) is 54.5 Å². The van der Waals surface area contributed by atoms with E-state index < -0.39 is 42.3 Å². The number of alkyl halides is 3. The highest BCUT2D eigenvalue weighted by molar-refractivity contribution is 7.99. The number of hydrogen-bond acceptors (Lipinski definition) is 8. The molecule has 1 aromatic carbocycles. The molecular weight excluding hydrogens is 506 g/mol. The van der Waals surface area contributed by atoms with E-state index in [0.29, 0.717) is 12.1 Å². The van der Waals surface area contributed by atoms with Crippen LogP contribution in [0.15, 0.2) is 52.9 Å². The maximum absolute atomic E-state index is 14.9. The van der Waals surface area contributed by atoms with Gasteiger partial charge in [-0.3, -0.25) is 14.6 Å². The van der Waals surface area contributed by atoms with E-state index in [1.54, 1.807) is 6.07 Å². The summed E-state index contributed by atoms with van der Waals surface area (Å²) >= 11 is 0.821. The van der Waals surface area contributed by atoms with Crippen molar-refractivity contribution >= 4 is 35.2 Å². The zero-order valence-corrected chi connectivity index (χ0v) is 19.7. The molecule has 9 nitrogen and oxygen atoms in total. The van der Waals surface area contributed by atoms with E-state index in [2.05, 4.69) is 11.6 Å². The van der Waals surface area contributed by atoms with Crippen LogP contribution in [0.2, 0.25) is 0 Å².